The van der Waals surface area contributed by atoms with E-state index in [0.29, 0.717) is 0 Å². The molecule has 0 fully saturated rings. The first-order chi connectivity index (χ1) is 28.8. The fourth-order valence-corrected chi connectivity index (χ4v) is 9.93. The molecular formula is C56H39NO. The average Bonchev–Trinajstić information content (AvgIpc) is 3.61. The topological polar surface area (TPSA) is 12.5 Å². The van der Waals surface area contributed by atoms with Gasteiger partial charge in [0.15, 0.2) is 0 Å². The zero-order valence-electron chi connectivity index (χ0n) is 31.9. The molecule has 0 atom stereocenters. The maximum atomic E-state index is 6.79. The predicted molar refractivity (Wildman–Crippen MR) is 237 cm³/mol. The molecule has 0 radical (unpaired) electrons. The zero-order valence-corrected chi connectivity index (χ0v) is 31.9. The van der Waals surface area contributed by atoms with Crippen molar-refractivity contribution >= 4 is 17.1 Å². The van der Waals surface area contributed by atoms with Crippen LogP contribution in [0.5, 0.6) is 11.5 Å². The van der Waals surface area contributed by atoms with Gasteiger partial charge in [-0.25, -0.2) is 0 Å². The largest absolute Gasteiger partial charge is 0.457 e. The molecule has 274 valence electrons. The molecule has 0 N–H and O–H groups in total. The first-order valence-electron chi connectivity index (χ1n) is 20.0. The van der Waals surface area contributed by atoms with E-state index in [-0.39, 0.29) is 0 Å². The number of rotatable bonds is 7. The summed E-state index contributed by atoms with van der Waals surface area (Å²) in [6.45, 7) is 0. The van der Waals surface area contributed by atoms with Crippen molar-refractivity contribution in [3.63, 3.8) is 0 Å². The maximum absolute atomic E-state index is 6.79. The first-order valence-corrected chi connectivity index (χ1v) is 20.0. The highest BCUT2D eigenvalue weighted by Gasteiger charge is 2.47. The van der Waals surface area contributed by atoms with Gasteiger partial charge in [-0.15, -0.1) is 0 Å². The molecule has 0 saturated heterocycles. The van der Waals surface area contributed by atoms with E-state index in [2.05, 4.69) is 241 Å². The van der Waals surface area contributed by atoms with Crippen LogP contribution in [0.1, 0.15) is 44.5 Å². The molecule has 9 aromatic rings. The van der Waals surface area contributed by atoms with E-state index in [1.165, 1.54) is 44.5 Å². The van der Waals surface area contributed by atoms with Gasteiger partial charge < -0.3 is 9.64 Å². The smallest absolute Gasteiger partial charge is 0.132 e. The monoisotopic (exact) mass is 741 g/mol. The third kappa shape index (κ3) is 4.98. The van der Waals surface area contributed by atoms with Crippen molar-refractivity contribution in [1.82, 2.24) is 0 Å². The summed E-state index contributed by atoms with van der Waals surface area (Å²) in [6, 6.07) is 85.7. The third-order valence-corrected chi connectivity index (χ3v) is 12.3. The van der Waals surface area contributed by atoms with Gasteiger partial charge in [-0.3, -0.25) is 0 Å². The highest BCUT2D eigenvalue weighted by molar-refractivity contribution is 5.87. The van der Waals surface area contributed by atoms with Crippen LogP contribution in [0, 0.1) is 0 Å². The van der Waals surface area contributed by atoms with Crippen molar-refractivity contribution in [3.8, 4) is 22.6 Å². The minimum atomic E-state index is -0.625. The van der Waals surface area contributed by atoms with Crippen molar-refractivity contribution in [2.75, 3.05) is 4.90 Å². The van der Waals surface area contributed by atoms with Crippen molar-refractivity contribution in [2.24, 2.45) is 0 Å². The van der Waals surface area contributed by atoms with Crippen LogP contribution >= 0.6 is 0 Å². The molecule has 2 nitrogen and oxygen atoms in total. The van der Waals surface area contributed by atoms with Crippen LogP contribution in [0.3, 0.4) is 0 Å². The Morgan fingerprint density at radius 2 is 0.655 bits per heavy atom. The lowest BCUT2D eigenvalue weighted by molar-refractivity contribution is 0.434. The molecule has 2 aliphatic rings. The molecule has 0 saturated carbocycles. The van der Waals surface area contributed by atoms with Gasteiger partial charge in [0.25, 0.3) is 0 Å². The number of benzene rings is 9. The van der Waals surface area contributed by atoms with Crippen molar-refractivity contribution < 1.29 is 4.74 Å². The molecule has 11 rings (SSSR count). The standard InChI is InChI=1S/C56H39NO/c1-5-19-40(20-6-1)55(49-29-15-13-27-47(49)48-28-14-16-30-50(48)55)43-33-35-45(36-34-43)57(44-25-11-4-12-26-44)46-37-38-54-52(39-46)56(41-21-7-2-8-22-41,42-23-9-3-10-24-42)51-31-17-18-32-53(51)58-54/h1-39H. The molecule has 0 bridgehead atoms. The maximum Gasteiger partial charge on any atom is 0.132 e. The van der Waals surface area contributed by atoms with Crippen LogP contribution in [0.4, 0.5) is 17.1 Å². The Hall–Kier alpha value is -7.42. The van der Waals surface area contributed by atoms with Crippen molar-refractivity contribution in [3.05, 3.63) is 281 Å². The van der Waals surface area contributed by atoms with Gasteiger partial charge >= 0.3 is 0 Å². The quantitative estimate of drug-likeness (QED) is 0.161. The normalized spacial score (nSPS) is 13.9. The summed E-state index contributed by atoms with van der Waals surface area (Å²) in [5.74, 6) is 1.72. The van der Waals surface area contributed by atoms with E-state index >= 15 is 0 Å². The van der Waals surface area contributed by atoms with Crippen molar-refractivity contribution in [1.29, 1.82) is 0 Å². The van der Waals surface area contributed by atoms with E-state index in [0.717, 1.165) is 39.7 Å². The highest BCUT2D eigenvalue weighted by Crippen LogP contribution is 2.58. The van der Waals surface area contributed by atoms with Crippen molar-refractivity contribution in [2.45, 2.75) is 10.8 Å². The van der Waals surface area contributed by atoms with Gasteiger partial charge in [0, 0.05) is 28.2 Å². The second-order valence-corrected chi connectivity index (χ2v) is 15.2. The Morgan fingerprint density at radius 3 is 1.21 bits per heavy atom. The van der Waals surface area contributed by atoms with Crippen LogP contribution in [-0.4, -0.2) is 0 Å². The summed E-state index contributed by atoms with van der Waals surface area (Å²) in [5, 5.41) is 0. The lowest BCUT2D eigenvalue weighted by atomic mass is 9.63. The molecule has 9 aromatic carbocycles. The Bertz CT molecular complexity index is 2820. The lowest BCUT2D eigenvalue weighted by Crippen LogP contribution is -2.34. The summed E-state index contributed by atoms with van der Waals surface area (Å²) >= 11 is 0. The fraction of sp³-hybridized carbons (Fsp3) is 0.0357. The van der Waals surface area contributed by atoms with Crippen LogP contribution in [0.2, 0.25) is 0 Å². The second kappa shape index (κ2) is 13.7. The highest BCUT2D eigenvalue weighted by atomic mass is 16.5. The summed E-state index contributed by atoms with van der Waals surface area (Å²) in [6.07, 6.45) is 0. The molecule has 0 aromatic heterocycles. The molecule has 0 spiro atoms. The van der Waals surface area contributed by atoms with E-state index in [1.807, 2.05) is 0 Å². The number of hydrogen-bond acceptors (Lipinski definition) is 2. The van der Waals surface area contributed by atoms with Gasteiger partial charge in [0.2, 0.25) is 0 Å². The number of hydrogen-bond donors (Lipinski definition) is 0. The van der Waals surface area contributed by atoms with Crippen LogP contribution in [0.15, 0.2) is 237 Å². The SMILES string of the molecule is c1ccc(N(c2ccc(C3(c4ccccc4)c4ccccc4-c4ccccc43)cc2)c2ccc3c(c2)C(c2ccccc2)(c2ccccc2)c2ccccc2O3)cc1. The summed E-state index contributed by atoms with van der Waals surface area (Å²) in [4.78, 5) is 2.37. The minimum absolute atomic E-state index is 0.466. The van der Waals surface area contributed by atoms with Crippen LogP contribution in [-0.2, 0) is 10.8 Å². The molecule has 0 amide bonds. The van der Waals surface area contributed by atoms with Crippen LogP contribution < -0.4 is 9.64 Å². The number of anilines is 3. The van der Waals surface area contributed by atoms with E-state index < -0.39 is 10.8 Å². The summed E-state index contributed by atoms with van der Waals surface area (Å²) < 4.78 is 6.79. The molecule has 1 heterocycles. The Balaban J connectivity index is 1.12. The number of nitrogens with zero attached hydrogens (tertiary/aromatic N) is 1. The number of para-hydroxylation sites is 2. The van der Waals surface area contributed by atoms with E-state index in [4.69, 9.17) is 4.74 Å². The molecule has 0 unspecified atom stereocenters. The van der Waals surface area contributed by atoms with Gasteiger partial charge in [-0.05, 0) is 93.0 Å². The molecule has 1 aliphatic heterocycles. The molecule has 58 heavy (non-hydrogen) atoms. The molecule has 2 heteroatoms. The van der Waals surface area contributed by atoms with Crippen LogP contribution in [0.25, 0.3) is 11.1 Å². The average molecular weight is 742 g/mol. The van der Waals surface area contributed by atoms with Gasteiger partial charge in [-0.1, -0.05) is 188 Å². The zero-order chi connectivity index (χ0) is 38.5. The Kier molecular flexibility index (Phi) is 7.97. The van der Waals surface area contributed by atoms with Gasteiger partial charge in [0.05, 0.1) is 10.8 Å². The summed E-state index contributed by atoms with van der Waals surface area (Å²) in [5.41, 5.74) is 14.4. The first kappa shape index (κ1) is 33.9. The number of ether oxygens (including phenoxy) is 1. The second-order valence-electron chi connectivity index (χ2n) is 15.2. The summed E-state index contributed by atoms with van der Waals surface area (Å²) in [7, 11) is 0. The van der Waals surface area contributed by atoms with E-state index in [1.54, 1.807) is 0 Å². The van der Waals surface area contributed by atoms with E-state index in [9.17, 15) is 0 Å². The van der Waals surface area contributed by atoms with Gasteiger partial charge in [0.1, 0.15) is 11.5 Å². The molecular weight excluding hydrogens is 703 g/mol. The number of fused-ring (bicyclic) bond motifs is 5. The Labute approximate surface area is 339 Å². The minimum Gasteiger partial charge on any atom is -0.457 e. The predicted octanol–water partition coefficient (Wildman–Crippen LogP) is 14.0. The Morgan fingerprint density at radius 1 is 0.276 bits per heavy atom. The molecule has 1 aliphatic carbocycles. The third-order valence-electron chi connectivity index (χ3n) is 12.3. The fourth-order valence-electron chi connectivity index (χ4n) is 9.93. The lowest BCUT2D eigenvalue weighted by Gasteiger charge is -2.42. The van der Waals surface area contributed by atoms with Gasteiger partial charge in [-0.2, -0.15) is 0 Å².